The fourth-order valence-corrected chi connectivity index (χ4v) is 3.62. The van der Waals surface area contributed by atoms with Crippen molar-refractivity contribution in [2.24, 2.45) is 16.7 Å². The second kappa shape index (κ2) is 9.60. The summed E-state index contributed by atoms with van der Waals surface area (Å²) in [5.74, 6) is 1.19. The van der Waals surface area contributed by atoms with E-state index in [-0.39, 0.29) is 17.0 Å². The van der Waals surface area contributed by atoms with Crippen LogP contribution >= 0.6 is 0 Å². The largest absolute Gasteiger partial charge is 0.397 e. The van der Waals surface area contributed by atoms with Gasteiger partial charge in [-0.05, 0) is 36.2 Å². The molecule has 1 aromatic rings. The van der Waals surface area contributed by atoms with Crippen molar-refractivity contribution in [3.8, 4) is 0 Å². The van der Waals surface area contributed by atoms with Crippen LogP contribution in [-0.4, -0.2) is 25.9 Å². The molecule has 3 rings (SSSR count). The highest BCUT2D eigenvalue weighted by Gasteiger charge is 2.61. The van der Waals surface area contributed by atoms with E-state index in [1.54, 1.807) is 0 Å². The maximum atomic E-state index is 11.6. The standard InChI is InChI=1S/C10H16O.C8H10.CH4O4S.H3N/c1-9(2)7-4-5-10(9,3)8(11)6-7;1-2-8-6-4-3-5-7-8;1-5-6(2,3)4;/h7H,4-6H2,1-3H3;3-7H,2H2,1H3;1H3,(H,2,3,4);1H3. The summed E-state index contributed by atoms with van der Waals surface area (Å²) < 4.78 is 29.7. The maximum absolute atomic E-state index is 11.6. The minimum atomic E-state index is -4.16. The van der Waals surface area contributed by atoms with Crippen molar-refractivity contribution in [2.45, 2.75) is 53.4 Å². The van der Waals surface area contributed by atoms with Gasteiger partial charge in [0.15, 0.2) is 0 Å². The first-order chi connectivity index (χ1) is 11.5. The van der Waals surface area contributed by atoms with Gasteiger partial charge in [-0.2, -0.15) is 8.42 Å². The van der Waals surface area contributed by atoms with Gasteiger partial charge in [-0.1, -0.05) is 58.0 Å². The molecule has 150 valence electrons. The highest BCUT2D eigenvalue weighted by Crippen LogP contribution is 2.63. The molecule has 0 radical (unpaired) electrons. The third kappa shape index (κ3) is 5.87. The molecule has 0 aromatic heterocycles. The summed E-state index contributed by atoms with van der Waals surface area (Å²) in [6.45, 7) is 8.84. The SMILES string of the molecule is CC12CCC(CC1=O)C2(C)C.CCc1ccccc1.COS(=O)(=O)O.N. The van der Waals surface area contributed by atoms with Crippen molar-refractivity contribution in [3.05, 3.63) is 35.9 Å². The van der Waals surface area contributed by atoms with Crippen molar-refractivity contribution in [1.29, 1.82) is 0 Å². The van der Waals surface area contributed by atoms with Crippen LogP contribution in [0.25, 0.3) is 0 Å². The predicted molar refractivity (Wildman–Crippen MR) is 104 cm³/mol. The molecule has 2 unspecified atom stereocenters. The molecule has 0 spiro atoms. The monoisotopic (exact) mass is 387 g/mol. The van der Waals surface area contributed by atoms with E-state index in [0.717, 1.165) is 26.4 Å². The lowest BCUT2D eigenvalue weighted by atomic mass is 9.70. The van der Waals surface area contributed by atoms with Gasteiger partial charge in [-0.25, -0.2) is 0 Å². The van der Waals surface area contributed by atoms with Gasteiger partial charge in [0.1, 0.15) is 5.78 Å². The van der Waals surface area contributed by atoms with Gasteiger partial charge in [-0.15, -0.1) is 0 Å². The van der Waals surface area contributed by atoms with E-state index in [0.29, 0.717) is 11.7 Å². The Hall–Kier alpha value is -1.28. The van der Waals surface area contributed by atoms with Gasteiger partial charge in [0, 0.05) is 11.8 Å². The van der Waals surface area contributed by atoms with Gasteiger partial charge in [-0.3, -0.25) is 13.5 Å². The predicted octanol–water partition coefficient (Wildman–Crippen LogP) is 4.25. The van der Waals surface area contributed by atoms with Gasteiger partial charge >= 0.3 is 10.4 Å². The van der Waals surface area contributed by atoms with Crippen LogP contribution in [0, 0.1) is 16.7 Å². The quantitative estimate of drug-likeness (QED) is 0.733. The minimum absolute atomic E-state index is 0. The van der Waals surface area contributed by atoms with Crippen molar-refractivity contribution < 1.29 is 21.9 Å². The number of hydrogen-bond acceptors (Lipinski definition) is 5. The number of carbonyl (C=O) groups excluding carboxylic acids is 1. The summed E-state index contributed by atoms with van der Waals surface area (Å²) in [5, 5.41) is 0. The molecule has 7 heteroatoms. The van der Waals surface area contributed by atoms with Gasteiger partial charge in [0.25, 0.3) is 0 Å². The van der Waals surface area contributed by atoms with Crippen molar-refractivity contribution in [1.82, 2.24) is 6.15 Å². The Kier molecular flexibility index (Phi) is 9.12. The average molecular weight is 388 g/mol. The number of Topliss-reactive ketones (excluding diaryl/α,β-unsaturated/α-hetero) is 1. The zero-order chi connectivity index (χ0) is 19.3. The summed E-state index contributed by atoms with van der Waals surface area (Å²) in [7, 11) is -3.29. The maximum Gasteiger partial charge on any atom is 0.397 e. The van der Waals surface area contributed by atoms with Crippen LogP contribution in [0.3, 0.4) is 0 Å². The van der Waals surface area contributed by atoms with Crippen molar-refractivity contribution >= 4 is 16.2 Å². The fraction of sp³-hybridized carbons (Fsp3) is 0.632. The van der Waals surface area contributed by atoms with Crippen LogP contribution in [0.4, 0.5) is 0 Å². The second-order valence-electron chi connectivity index (χ2n) is 7.35. The normalized spacial score (nSPS) is 25.3. The zero-order valence-corrected chi connectivity index (χ0v) is 17.3. The average Bonchev–Trinajstić information content (AvgIpc) is 2.89. The summed E-state index contributed by atoms with van der Waals surface area (Å²) >= 11 is 0. The topological polar surface area (TPSA) is 116 Å². The van der Waals surface area contributed by atoms with E-state index in [2.05, 4.69) is 56.1 Å². The lowest BCUT2D eigenvalue weighted by molar-refractivity contribution is -0.128. The van der Waals surface area contributed by atoms with E-state index >= 15 is 0 Å². The van der Waals surface area contributed by atoms with Crippen LogP contribution in [0.2, 0.25) is 0 Å². The first-order valence-electron chi connectivity index (χ1n) is 8.58. The molecule has 2 aliphatic rings. The first-order valence-corrected chi connectivity index (χ1v) is 9.94. The van der Waals surface area contributed by atoms with Crippen LogP contribution in [0.5, 0.6) is 0 Å². The van der Waals surface area contributed by atoms with Gasteiger partial charge < -0.3 is 6.15 Å². The third-order valence-electron chi connectivity index (χ3n) is 5.94. The smallest absolute Gasteiger partial charge is 0.344 e. The molecule has 26 heavy (non-hydrogen) atoms. The number of ketones is 1. The van der Waals surface area contributed by atoms with Crippen molar-refractivity contribution in [3.63, 3.8) is 0 Å². The molecule has 2 saturated carbocycles. The van der Waals surface area contributed by atoms with E-state index < -0.39 is 10.4 Å². The van der Waals surface area contributed by atoms with Crippen LogP contribution < -0.4 is 6.15 Å². The van der Waals surface area contributed by atoms with Gasteiger partial charge in [0.2, 0.25) is 0 Å². The number of fused-ring (bicyclic) bond motifs is 2. The third-order valence-corrected chi connectivity index (χ3v) is 6.37. The molecule has 2 fully saturated rings. The molecule has 2 bridgehead atoms. The van der Waals surface area contributed by atoms with Crippen LogP contribution in [0.15, 0.2) is 30.3 Å². The number of aryl methyl sites for hydroxylation is 1. The Morgan fingerprint density at radius 1 is 1.19 bits per heavy atom. The Balaban J connectivity index is 0.000000374. The molecule has 0 saturated heterocycles. The summed E-state index contributed by atoms with van der Waals surface area (Å²) in [5.41, 5.74) is 1.72. The Bertz CT molecular complexity index is 672. The Morgan fingerprint density at radius 2 is 1.69 bits per heavy atom. The van der Waals surface area contributed by atoms with Crippen LogP contribution in [-0.2, 0) is 25.8 Å². The molecule has 6 nitrogen and oxygen atoms in total. The molecule has 0 amide bonds. The van der Waals surface area contributed by atoms with E-state index in [9.17, 15) is 13.2 Å². The van der Waals surface area contributed by atoms with E-state index in [4.69, 9.17) is 4.55 Å². The lowest BCUT2D eigenvalue weighted by Gasteiger charge is -2.32. The highest BCUT2D eigenvalue weighted by molar-refractivity contribution is 7.80. The highest BCUT2D eigenvalue weighted by atomic mass is 32.3. The van der Waals surface area contributed by atoms with E-state index in [1.807, 2.05) is 6.07 Å². The summed E-state index contributed by atoms with van der Waals surface area (Å²) in [6, 6.07) is 10.5. The number of rotatable bonds is 2. The summed E-state index contributed by atoms with van der Waals surface area (Å²) in [6.07, 6.45) is 4.39. The second-order valence-corrected chi connectivity index (χ2v) is 8.54. The molecule has 0 heterocycles. The molecule has 2 atom stereocenters. The minimum Gasteiger partial charge on any atom is -0.344 e. The van der Waals surface area contributed by atoms with Crippen LogP contribution in [0.1, 0.15) is 52.5 Å². The number of carbonyl (C=O) groups is 1. The Morgan fingerprint density at radius 3 is 1.88 bits per heavy atom. The van der Waals surface area contributed by atoms with E-state index in [1.165, 1.54) is 12.0 Å². The lowest BCUT2D eigenvalue weighted by Crippen LogP contribution is -2.32. The molecular weight excluding hydrogens is 354 g/mol. The zero-order valence-electron chi connectivity index (χ0n) is 16.5. The summed E-state index contributed by atoms with van der Waals surface area (Å²) in [4.78, 5) is 11.6. The fourth-order valence-electron chi connectivity index (χ4n) is 3.62. The Labute approximate surface area is 157 Å². The van der Waals surface area contributed by atoms with Gasteiger partial charge in [0.05, 0.1) is 7.11 Å². The first kappa shape index (κ1) is 24.7. The van der Waals surface area contributed by atoms with Crippen molar-refractivity contribution in [2.75, 3.05) is 7.11 Å². The molecule has 4 N–H and O–H groups in total. The number of benzene rings is 1. The molecule has 1 aromatic carbocycles. The molecule has 0 aliphatic heterocycles. The molecule has 2 aliphatic carbocycles. The molecular formula is C19H33NO5S. The number of hydrogen-bond donors (Lipinski definition) is 2.